The van der Waals surface area contributed by atoms with Gasteiger partial charge in [0.15, 0.2) is 11.5 Å². The van der Waals surface area contributed by atoms with Crippen molar-refractivity contribution in [3.63, 3.8) is 0 Å². The van der Waals surface area contributed by atoms with Crippen LogP contribution in [0.25, 0.3) is 0 Å². The van der Waals surface area contributed by atoms with Crippen molar-refractivity contribution >= 4 is 11.6 Å². The molecule has 0 fully saturated rings. The Bertz CT molecular complexity index is 739. The first kappa shape index (κ1) is 15.1. The maximum atomic E-state index is 12.3. The highest BCUT2D eigenvalue weighted by atomic mass is 16.7. The molecule has 1 aliphatic rings. The fraction of sp³-hybridized carbons (Fsp3) is 0.222. The van der Waals surface area contributed by atoms with Gasteiger partial charge in [0.25, 0.3) is 5.91 Å². The Hall–Kier alpha value is -2.82. The van der Waals surface area contributed by atoms with Crippen LogP contribution in [-0.4, -0.2) is 18.4 Å². The summed E-state index contributed by atoms with van der Waals surface area (Å²) in [5.74, 6) is 1.14. The summed E-state index contributed by atoms with van der Waals surface area (Å²) in [6, 6.07) is 14.9. The van der Waals surface area contributed by atoms with Crippen molar-refractivity contribution in [2.75, 3.05) is 6.79 Å². The fourth-order valence-electron chi connectivity index (χ4n) is 2.35. The number of benzene rings is 2. The molecule has 2 aromatic carbocycles. The lowest BCUT2D eigenvalue weighted by Gasteiger charge is -2.10. The van der Waals surface area contributed by atoms with Crippen LogP contribution in [-0.2, 0) is 0 Å². The molecule has 0 aromatic heterocycles. The zero-order chi connectivity index (χ0) is 16.2. The molecule has 23 heavy (non-hydrogen) atoms. The Morgan fingerprint density at radius 1 is 1.04 bits per heavy atom. The lowest BCUT2D eigenvalue weighted by atomic mass is 10.0. The smallest absolute Gasteiger partial charge is 0.271 e. The van der Waals surface area contributed by atoms with E-state index in [4.69, 9.17) is 9.47 Å². The van der Waals surface area contributed by atoms with E-state index in [1.807, 2.05) is 44.2 Å². The van der Waals surface area contributed by atoms with Crippen molar-refractivity contribution in [2.45, 2.75) is 13.8 Å². The average Bonchev–Trinajstić information content (AvgIpc) is 3.03. The van der Waals surface area contributed by atoms with Crippen molar-refractivity contribution < 1.29 is 14.3 Å². The Balaban J connectivity index is 1.78. The molecule has 1 amide bonds. The van der Waals surface area contributed by atoms with Crippen LogP contribution >= 0.6 is 0 Å². The summed E-state index contributed by atoms with van der Waals surface area (Å²) in [4.78, 5) is 12.3. The second-order valence-corrected chi connectivity index (χ2v) is 5.53. The number of amides is 1. The van der Waals surface area contributed by atoms with Gasteiger partial charge in [-0.2, -0.15) is 5.10 Å². The Kier molecular flexibility index (Phi) is 4.28. The van der Waals surface area contributed by atoms with Gasteiger partial charge in [0.05, 0.1) is 5.71 Å². The highest BCUT2D eigenvalue weighted by Gasteiger charge is 2.16. The summed E-state index contributed by atoms with van der Waals surface area (Å²) in [6.07, 6.45) is 0. The van der Waals surface area contributed by atoms with Gasteiger partial charge in [-0.3, -0.25) is 4.79 Å². The van der Waals surface area contributed by atoms with E-state index in [9.17, 15) is 4.79 Å². The van der Waals surface area contributed by atoms with Crippen molar-refractivity contribution in [2.24, 2.45) is 11.0 Å². The van der Waals surface area contributed by atoms with Gasteiger partial charge >= 0.3 is 0 Å². The van der Waals surface area contributed by atoms with Crippen LogP contribution in [0, 0.1) is 5.92 Å². The number of fused-ring (bicyclic) bond motifs is 1. The number of hydrogen-bond donors (Lipinski definition) is 1. The SMILES string of the molecule is CC(C)/C(=N\NC(=O)c1ccc2c(c1)OCO2)c1ccccc1. The average molecular weight is 310 g/mol. The molecule has 1 aliphatic heterocycles. The molecule has 118 valence electrons. The number of hydrazone groups is 1. The minimum absolute atomic E-state index is 0.185. The minimum Gasteiger partial charge on any atom is -0.454 e. The third-order valence-corrected chi connectivity index (χ3v) is 3.53. The lowest BCUT2D eigenvalue weighted by molar-refractivity contribution is 0.0954. The van der Waals surface area contributed by atoms with Gasteiger partial charge in [-0.15, -0.1) is 0 Å². The van der Waals surface area contributed by atoms with E-state index in [2.05, 4.69) is 10.5 Å². The van der Waals surface area contributed by atoms with E-state index in [0.29, 0.717) is 17.1 Å². The molecule has 5 nitrogen and oxygen atoms in total. The number of nitrogens with zero attached hydrogens (tertiary/aromatic N) is 1. The number of rotatable bonds is 4. The molecule has 0 unspecified atom stereocenters. The highest BCUT2D eigenvalue weighted by molar-refractivity contribution is 6.03. The molecule has 0 aliphatic carbocycles. The van der Waals surface area contributed by atoms with E-state index in [1.165, 1.54) is 0 Å². The number of carbonyl (C=O) groups is 1. The maximum absolute atomic E-state index is 12.3. The van der Waals surface area contributed by atoms with Gasteiger partial charge in [0.1, 0.15) is 0 Å². The molecule has 3 rings (SSSR count). The van der Waals surface area contributed by atoms with Gasteiger partial charge in [0.2, 0.25) is 6.79 Å². The predicted octanol–water partition coefficient (Wildman–Crippen LogP) is 3.21. The monoisotopic (exact) mass is 310 g/mol. The first-order valence-electron chi connectivity index (χ1n) is 7.48. The molecule has 2 aromatic rings. The first-order valence-corrected chi connectivity index (χ1v) is 7.48. The normalized spacial score (nSPS) is 13.3. The fourth-order valence-corrected chi connectivity index (χ4v) is 2.35. The Morgan fingerprint density at radius 3 is 2.52 bits per heavy atom. The van der Waals surface area contributed by atoms with Crippen molar-refractivity contribution in [1.82, 2.24) is 5.43 Å². The number of carbonyl (C=O) groups excluding carboxylic acids is 1. The molecule has 0 bridgehead atoms. The van der Waals surface area contributed by atoms with Crippen LogP contribution in [0.3, 0.4) is 0 Å². The Labute approximate surface area is 134 Å². The van der Waals surface area contributed by atoms with Crippen LogP contribution in [0.5, 0.6) is 11.5 Å². The van der Waals surface area contributed by atoms with E-state index in [-0.39, 0.29) is 18.6 Å². The van der Waals surface area contributed by atoms with Crippen LogP contribution < -0.4 is 14.9 Å². The van der Waals surface area contributed by atoms with E-state index < -0.39 is 0 Å². The molecule has 5 heteroatoms. The molecular weight excluding hydrogens is 292 g/mol. The first-order chi connectivity index (χ1) is 11.1. The van der Waals surface area contributed by atoms with Gasteiger partial charge in [-0.1, -0.05) is 44.2 Å². The molecule has 1 heterocycles. The topological polar surface area (TPSA) is 59.9 Å². The summed E-state index contributed by atoms with van der Waals surface area (Å²) in [6.45, 7) is 4.27. The molecule has 0 radical (unpaired) electrons. The molecule has 0 spiro atoms. The molecular formula is C18H18N2O3. The largest absolute Gasteiger partial charge is 0.454 e. The van der Waals surface area contributed by atoms with Gasteiger partial charge in [-0.05, 0) is 29.7 Å². The van der Waals surface area contributed by atoms with Crippen molar-refractivity contribution in [1.29, 1.82) is 0 Å². The van der Waals surface area contributed by atoms with Crippen LogP contribution in [0.15, 0.2) is 53.6 Å². The second kappa shape index (κ2) is 6.52. The van der Waals surface area contributed by atoms with Crippen LogP contribution in [0.4, 0.5) is 0 Å². The quantitative estimate of drug-likeness (QED) is 0.697. The van der Waals surface area contributed by atoms with Crippen molar-refractivity contribution in [3.8, 4) is 11.5 Å². The van der Waals surface area contributed by atoms with E-state index >= 15 is 0 Å². The summed E-state index contributed by atoms with van der Waals surface area (Å²) >= 11 is 0. The third kappa shape index (κ3) is 3.34. The molecule has 0 atom stereocenters. The van der Waals surface area contributed by atoms with Gasteiger partial charge < -0.3 is 9.47 Å². The standard InChI is InChI=1S/C18H18N2O3/c1-12(2)17(13-6-4-3-5-7-13)19-20-18(21)14-8-9-15-16(10-14)23-11-22-15/h3-10,12H,11H2,1-2H3,(H,20,21)/b19-17+. The summed E-state index contributed by atoms with van der Waals surface area (Å²) in [5.41, 5.74) is 4.93. The number of hydrogen-bond acceptors (Lipinski definition) is 4. The van der Waals surface area contributed by atoms with Crippen LogP contribution in [0.2, 0.25) is 0 Å². The molecule has 1 N–H and O–H groups in total. The second-order valence-electron chi connectivity index (χ2n) is 5.53. The van der Waals surface area contributed by atoms with Gasteiger partial charge in [-0.25, -0.2) is 5.43 Å². The Morgan fingerprint density at radius 2 is 1.78 bits per heavy atom. The summed E-state index contributed by atoms with van der Waals surface area (Å²) in [7, 11) is 0. The van der Waals surface area contributed by atoms with Gasteiger partial charge in [0, 0.05) is 5.56 Å². The predicted molar refractivity (Wildman–Crippen MR) is 87.8 cm³/mol. The summed E-state index contributed by atoms with van der Waals surface area (Å²) < 4.78 is 10.5. The van der Waals surface area contributed by atoms with Crippen LogP contribution in [0.1, 0.15) is 29.8 Å². The maximum Gasteiger partial charge on any atom is 0.271 e. The zero-order valence-corrected chi connectivity index (χ0v) is 13.1. The summed E-state index contributed by atoms with van der Waals surface area (Å²) in [5, 5.41) is 4.31. The third-order valence-electron chi connectivity index (χ3n) is 3.53. The minimum atomic E-state index is -0.280. The highest BCUT2D eigenvalue weighted by Crippen LogP contribution is 2.32. The zero-order valence-electron chi connectivity index (χ0n) is 13.1. The number of nitrogens with one attached hydrogen (secondary N) is 1. The molecule has 0 saturated carbocycles. The van der Waals surface area contributed by atoms with Crippen molar-refractivity contribution in [3.05, 3.63) is 59.7 Å². The van der Waals surface area contributed by atoms with E-state index in [0.717, 1.165) is 11.3 Å². The lowest BCUT2D eigenvalue weighted by Crippen LogP contribution is -2.22. The molecule has 0 saturated heterocycles. The number of ether oxygens (including phenoxy) is 2. The van der Waals surface area contributed by atoms with E-state index in [1.54, 1.807) is 18.2 Å².